The number of nitrogens with zero attached hydrogens (tertiary/aromatic N) is 2. The van der Waals surface area contributed by atoms with Crippen molar-refractivity contribution in [3.63, 3.8) is 0 Å². The summed E-state index contributed by atoms with van der Waals surface area (Å²) < 4.78 is 5.37. The van der Waals surface area contributed by atoms with Gasteiger partial charge in [-0.3, -0.25) is 0 Å². The van der Waals surface area contributed by atoms with Crippen LogP contribution in [0.15, 0.2) is 23.4 Å². The van der Waals surface area contributed by atoms with Crippen LogP contribution in [0.25, 0.3) is 0 Å². The van der Waals surface area contributed by atoms with E-state index >= 15 is 0 Å². The van der Waals surface area contributed by atoms with Gasteiger partial charge in [-0.05, 0) is 24.6 Å². The Hall–Kier alpha value is -1.79. The zero-order chi connectivity index (χ0) is 13.8. The summed E-state index contributed by atoms with van der Waals surface area (Å²) in [4.78, 5) is 2.05. The normalized spacial score (nSPS) is 20.6. The molecule has 0 saturated carbocycles. The Kier molecular flexibility index (Phi) is 4.24. The summed E-state index contributed by atoms with van der Waals surface area (Å²) >= 11 is 0. The lowest BCUT2D eigenvalue weighted by atomic mass is 10.1. The molecule has 0 bridgehead atoms. The van der Waals surface area contributed by atoms with Crippen molar-refractivity contribution in [2.24, 2.45) is 10.9 Å². The molecule has 6 nitrogen and oxygen atoms in total. The monoisotopic (exact) mass is 265 g/mol. The van der Waals surface area contributed by atoms with Crippen molar-refractivity contribution < 1.29 is 15.1 Å². The largest absolute Gasteiger partial charge is 0.409 e. The predicted octanol–water partition coefficient (Wildman–Crippen LogP) is 0.287. The summed E-state index contributed by atoms with van der Waals surface area (Å²) in [5.41, 5.74) is 8.31. The van der Waals surface area contributed by atoms with Crippen molar-refractivity contribution in [3.8, 4) is 0 Å². The number of amidine groups is 1. The number of ether oxygens (including phenoxy) is 1. The molecule has 1 fully saturated rings. The fourth-order valence-corrected chi connectivity index (χ4v) is 2.27. The van der Waals surface area contributed by atoms with Gasteiger partial charge in [0, 0.05) is 17.8 Å². The summed E-state index contributed by atoms with van der Waals surface area (Å²) in [6, 6.07) is 5.59. The Balaban J connectivity index is 2.44. The highest BCUT2D eigenvalue weighted by atomic mass is 16.5. The second-order valence-corrected chi connectivity index (χ2v) is 4.61. The molecule has 6 heteroatoms. The van der Waals surface area contributed by atoms with Crippen molar-refractivity contribution in [3.05, 3.63) is 29.3 Å². The molecule has 1 aliphatic heterocycles. The first-order valence-electron chi connectivity index (χ1n) is 6.21. The van der Waals surface area contributed by atoms with E-state index in [0.29, 0.717) is 25.3 Å². The Labute approximate surface area is 112 Å². The van der Waals surface area contributed by atoms with Crippen molar-refractivity contribution in [1.82, 2.24) is 0 Å². The second kappa shape index (κ2) is 5.90. The quantitative estimate of drug-likeness (QED) is 0.316. The summed E-state index contributed by atoms with van der Waals surface area (Å²) in [6.45, 7) is 3.72. The Morgan fingerprint density at radius 3 is 3.05 bits per heavy atom. The van der Waals surface area contributed by atoms with Crippen LogP contribution in [0, 0.1) is 6.92 Å². The van der Waals surface area contributed by atoms with E-state index in [-0.39, 0.29) is 18.5 Å². The van der Waals surface area contributed by atoms with Crippen LogP contribution in [0.1, 0.15) is 11.1 Å². The molecule has 0 aliphatic carbocycles. The zero-order valence-electron chi connectivity index (χ0n) is 10.9. The number of aliphatic hydroxyl groups excluding tert-OH is 1. The van der Waals surface area contributed by atoms with Crippen LogP contribution in [-0.4, -0.2) is 48.6 Å². The smallest absolute Gasteiger partial charge is 0.172 e. The van der Waals surface area contributed by atoms with E-state index in [1.54, 1.807) is 0 Å². The van der Waals surface area contributed by atoms with Crippen LogP contribution in [0.5, 0.6) is 0 Å². The molecule has 1 aromatic rings. The van der Waals surface area contributed by atoms with Gasteiger partial charge in [0.2, 0.25) is 0 Å². The van der Waals surface area contributed by atoms with Crippen LogP contribution in [-0.2, 0) is 4.74 Å². The van der Waals surface area contributed by atoms with E-state index in [0.717, 1.165) is 11.3 Å². The van der Waals surface area contributed by atoms with Crippen LogP contribution in [0.4, 0.5) is 5.69 Å². The van der Waals surface area contributed by atoms with Crippen LogP contribution < -0.4 is 10.6 Å². The van der Waals surface area contributed by atoms with Gasteiger partial charge in [0.25, 0.3) is 0 Å². The highest BCUT2D eigenvalue weighted by Gasteiger charge is 2.25. The first kappa shape index (κ1) is 13.6. The molecule has 1 aromatic carbocycles. The minimum Gasteiger partial charge on any atom is -0.409 e. The van der Waals surface area contributed by atoms with Gasteiger partial charge < -0.3 is 25.7 Å². The number of oxime groups is 1. The first-order chi connectivity index (χ1) is 9.17. The average molecular weight is 265 g/mol. The average Bonchev–Trinajstić information content (AvgIpc) is 2.46. The molecule has 4 N–H and O–H groups in total. The number of aliphatic hydroxyl groups is 1. The molecule has 1 unspecified atom stereocenters. The van der Waals surface area contributed by atoms with Crippen LogP contribution in [0.2, 0.25) is 0 Å². The lowest BCUT2D eigenvalue weighted by Crippen LogP contribution is -2.48. The summed E-state index contributed by atoms with van der Waals surface area (Å²) in [5, 5.41) is 21.4. The summed E-state index contributed by atoms with van der Waals surface area (Å²) in [5.74, 6) is 0.0678. The number of hydrogen-bond donors (Lipinski definition) is 3. The molecule has 1 saturated heterocycles. The maximum atomic E-state index is 9.45. The highest BCUT2D eigenvalue weighted by molar-refractivity contribution is 6.02. The van der Waals surface area contributed by atoms with E-state index in [1.165, 1.54) is 0 Å². The molecule has 104 valence electrons. The fourth-order valence-electron chi connectivity index (χ4n) is 2.27. The molecule has 1 heterocycles. The lowest BCUT2D eigenvalue weighted by Gasteiger charge is -2.37. The number of rotatable bonds is 3. The van der Waals surface area contributed by atoms with E-state index in [9.17, 15) is 5.11 Å². The molecule has 0 amide bonds. The number of anilines is 1. The van der Waals surface area contributed by atoms with Gasteiger partial charge in [0.15, 0.2) is 5.84 Å². The van der Waals surface area contributed by atoms with Crippen molar-refractivity contribution >= 4 is 11.5 Å². The van der Waals surface area contributed by atoms with E-state index in [2.05, 4.69) is 5.16 Å². The summed E-state index contributed by atoms with van der Waals surface area (Å²) in [6.07, 6.45) is 0. The third-order valence-electron chi connectivity index (χ3n) is 3.28. The molecule has 0 spiro atoms. The Bertz CT molecular complexity index is 476. The minimum atomic E-state index is -0.110. The van der Waals surface area contributed by atoms with Gasteiger partial charge >= 0.3 is 0 Å². The van der Waals surface area contributed by atoms with Gasteiger partial charge in [-0.25, -0.2) is 0 Å². The van der Waals surface area contributed by atoms with Gasteiger partial charge in [-0.15, -0.1) is 0 Å². The zero-order valence-corrected chi connectivity index (χ0v) is 10.9. The third kappa shape index (κ3) is 2.80. The maximum Gasteiger partial charge on any atom is 0.172 e. The lowest BCUT2D eigenvalue weighted by molar-refractivity contribution is 0.0727. The molecule has 1 atom stereocenters. The molecule has 0 aromatic heterocycles. The number of hydrogen-bond acceptors (Lipinski definition) is 5. The van der Waals surface area contributed by atoms with E-state index in [4.69, 9.17) is 15.7 Å². The molecular formula is C13H19N3O3. The van der Waals surface area contributed by atoms with Gasteiger partial charge in [0.1, 0.15) is 0 Å². The predicted molar refractivity (Wildman–Crippen MR) is 72.7 cm³/mol. The van der Waals surface area contributed by atoms with Crippen LogP contribution >= 0.6 is 0 Å². The van der Waals surface area contributed by atoms with E-state index < -0.39 is 0 Å². The molecule has 0 radical (unpaired) electrons. The maximum absolute atomic E-state index is 9.45. The Morgan fingerprint density at radius 1 is 1.58 bits per heavy atom. The SMILES string of the molecule is Cc1ccc(/C(N)=N/O)c(N2CCOCC2CO)c1. The number of aryl methyl sites for hydroxylation is 1. The van der Waals surface area contributed by atoms with Gasteiger partial charge in [0.05, 0.1) is 25.9 Å². The third-order valence-corrected chi connectivity index (χ3v) is 3.28. The first-order valence-corrected chi connectivity index (χ1v) is 6.21. The standard InChI is InChI=1S/C13H19N3O3/c1-9-2-3-11(13(14)15-18)12(6-9)16-4-5-19-8-10(16)7-17/h2-3,6,10,17-18H,4-5,7-8H2,1H3,(H2,14,15). The number of benzene rings is 1. The fraction of sp³-hybridized carbons (Fsp3) is 0.462. The van der Waals surface area contributed by atoms with Crippen molar-refractivity contribution in [2.75, 3.05) is 31.3 Å². The summed E-state index contributed by atoms with van der Waals surface area (Å²) in [7, 11) is 0. The van der Waals surface area contributed by atoms with Crippen molar-refractivity contribution in [2.45, 2.75) is 13.0 Å². The van der Waals surface area contributed by atoms with Crippen molar-refractivity contribution in [1.29, 1.82) is 0 Å². The van der Waals surface area contributed by atoms with Gasteiger partial charge in [-0.1, -0.05) is 11.2 Å². The van der Waals surface area contributed by atoms with E-state index in [1.807, 2.05) is 30.0 Å². The second-order valence-electron chi connectivity index (χ2n) is 4.61. The Morgan fingerprint density at radius 2 is 2.37 bits per heavy atom. The molecule has 19 heavy (non-hydrogen) atoms. The molecular weight excluding hydrogens is 246 g/mol. The molecule has 2 rings (SSSR count). The van der Waals surface area contributed by atoms with Gasteiger partial charge in [-0.2, -0.15) is 0 Å². The number of morpholine rings is 1. The number of nitrogens with two attached hydrogens (primary N) is 1. The highest BCUT2D eigenvalue weighted by Crippen LogP contribution is 2.25. The minimum absolute atomic E-state index is 0.00353. The topological polar surface area (TPSA) is 91.3 Å². The molecule has 1 aliphatic rings. The van der Waals surface area contributed by atoms with Crippen LogP contribution in [0.3, 0.4) is 0 Å².